The molecule has 188 valence electrons. The predicted molar refractivity (Wildman–Crippen MR) is 53.8 cm³/mol. The molecular weight excluding hydrogens is 509 g/mol. The fraction of sp³-hybridized carbons (Fsp3) is 0.889. The van der Waals surface area contributed by atoms with E-state index in [0.717, 1.165) is 4.74 Å². The molecule has 0 aromatic carbocycles. The molecule has 0 aliphatic heterocycles. The lowest BCUT2D eigenvalue weighted by Gasteiger charge is -2.38. The minimum atomic E-state index is -8.12. The summed E-state index contributed by atoms with van der Waals surface area (Å²) >= 11 is 0. The first-order valence-electron chi connectivity index (χ1n) is 5.94. The van der Waals surface area contributed by atoms with Crippen LogP contribution in [0.15, 0.2) is 0 Å². The van der Waals surface area contributed by atoms with Crippen molar-refractivity contribution in [2.45, 2.75) is 48.4 Å². The topological polar surface area (TPSA) is 95.1 Å². The Morgan fingerprint density at radius 3 is 1.06 bits per heavy atom. The lowest BCUT2D eigenvalue weighted by molar-refractivity contribution is -0.537. The Balaban J connectivity index is 0. The van der Waals surface area contributed by atoms with E-state index in [0.29, 0.717) is 0 Å². The van der Waals surface area contributed by atoms with Crippen molar-refractivity contribution >= 4 is 5.97 Å². The Kier molecular flexibility index (Phi) is 8.03. The molecule has 0 saturated carbocycles. The molecule has 0 heterocycles. The Morgan fingerprint density at radius 1 is 0.516 bits per heavy atom. The van der Waals surface area contributed by atoms with Crippen LogP contribution in [0.2, 0.25) is 0 Å². The summed E-state index contributed by atoms with van der Waals surface area (Å²) in [6.45, 7) is 0. The number of rotatable bonds is 8. The van der Waals surface area contributed by atoms with Crippen molar-refractivity contribution in [1.29, 1.82) is 0 Å². The van der Waals surface area contributed by atoms with E-state index in [1.54, 1.807) is 0 Å². The maximum absolute atomic E-state index is 13.0. The van der Waals surface area contributed by atoms with E-state index in [9.17, 15) is 84.5 Å². The fourth-order valence-electron chi connectivity index (χ4n) is 1.08. The summed E-state index contributed by atoms with van der Waals surface area (Å²) < 4.78 is 215. The van der Waals surface area contributed by atoms with Gasteiger partial charge < -0.3 is 16.1 Å². The molecule has 5 nitrogen and oxygen atoms in total. The maximum Gasteiger partial charge on any atom is 0.462 e. The zero-order valence-corrected chi connectivity index (χ0v) is 13.6. The van der Waals surface area contributed by atoms with Crippen LogP contribution in [0.5, 0.6) is 0 Å². The van der Waals surface area contributed by atoms with Gasteiger partial charge in [0.2, 0.25) is 0 Å². The van der Waals surface area contributed by atoms with Gasteiger partial charge in [-0.25, -0.2) is 4.74 Å². The minimum Gasteiger partial charge on any atom is -0.544 e. The molecule has 22 heteroatoms. The minimum absolute atomic E-state index is 0. The average molecular weight is 513 g/mol. The number of ether oxygens (including phenoxy) is 2. The van der Waals surface area contributed by atoms with E-state index in [-0.39, 0.29) is 6.15 Å². The van der Waals surface area contributed by atoms with Gasteiger partial charge in [0, 0.05) is 0 Å². The van der Waals surface area contributed by atoms with Crippen LogP contribution in [0.25, 0.3) is 0 Å². The second-order valence-corrected chi connectivity index (χ2v) is 4.78. The molecule has 0 aromatic heterocycles. The van der Waals surface area contributed by atoms with Crippen molar-refractivity contribution in [3.63, 3.8) is 0 Å². The molecule has 0 aliphatic carbocycles. The van der Waals surface area contributed by atoms with Crippen LogP contribution in [0.3, 0.4) is 0 Å². The van der Waals surface area contributed by atoms with Crippen molar-refractivity contribution < 1.29 is 94.0 Å². The van der Waals surface area contributed by atoms with Gasteiger partial charge in [-0.05, 0) is 0 Å². The van der Waals surface area contributed by atoms with Gasteiger partial charge in [0.1, 0.15) is 5.97 Å². The van der Waals surface area contributed by atoms with Crippen molar-refractivity contribution in [2.75, 3.05) is 0 Å². The highest BCUT2D eigenvalue weighted by Gasteiger charge is 2.83. The summed E-state index contributed by atoms with van der Waals surface area (Å²) in [6, 6.07) is 0. The molecule has 0 rings (SSSR count). The van der Waals surface area contributed by atoms with Crippen molar-refractivity contribution in [1.82, 2.24) is 6.15 Å². The molecule has 1 atom stereocenters. The van der Waals surface area contributed by atoms with E-state index >= 15 is 0 Å². The summed E-state index contributed by atoms with van der Waals surface area (Å²) in [5.74, 6) is -27.4. The molecule has 0 amide bonds. The second-order valence-electron chi connectivity index (χ2n) is 4.78. The standard InChI is InChI=1S/C9HF17O4.H3N/c10-2(1(27)28,5(15,16)17)29-8(23,24)4(13,14)9(25,26)30-7(21,22)3(11,12)6(18,19)20;/h(H,27,28);1H3. The van der Waals surface area contributed by atoms with Crippen LogP contribution in [0, 0.1) is 0 Å². The van der Waals surface area contributed by atoms with Crippen LogP contribution in [0.1, 0.15) is 0 Å². The van der Waals surface area contributed by atoms with Gasteiger partial charge in [-0.1, -0.05) is 0 Å². The van der Waals surface area contributed by atoms with Crippen LogP contribution < -0.4 is 11.3 Å². The number of halogens is 17. The van der Waals surface area contributed by atoms with Gasteiger partial charge in [0.25, 0.3) is 0 Å². The van der Waals surface area contributed by atoms with Gasteiger partial charge in [-0.2, -0.15) is 74.6 Å². The Bertz CT molecular complexity index is 655. The molecule has 1 unspecified atom stereocenters. The number of aliphatic carboxylic acids is 1. The molecule has 0 saturated heterocycles. The molecule has 31 heavy (non-hydrogen) atoms. The predicted octanol–water partition coefficient (Wildman–Crippen LogP) is 3.99. The third kappa shape index (κ3) is 5.15. The van der Waals surface area contributed by atoms with E-state index in [4.69, 9.17) is 0 Å². The number of carboxylic acids is 1. The quantitative estimate of drug-likeness (QED) is 0.497. The molecule has 0 fully saturated rings. The zero-order valence-electron chi connectivity index (χ0n) is 13.6. The molecule has 0 spiro atoms. The highest BCUT2D eigenvalue weighted by Crippen LogP contribution is 2.55. The summed E-state index contributed by atoms with van der Waals surface area (Å²) in [5.41, 5.74) is 0. The van der Waals surface area contributed by atoms with Crippen LogP contribution in [-0.4, -0.2) is 54.3 Å². The van der Waals surface area contributed by atoms with Crippen molar-refractivity contribution in [3.8, 4) is 0 Å². The first kappa shape index (κ1) is 31.3. The van der Waals surface area contributed by atoms with E-state index < -0.39 is 54.3 Å². The van der Waals surface area contributed by atoms with Crippen LogP contribution in [0.4, 0.5) is 74.6 Å². The zero-order chi connectivity index (χ0) is 25.0. The molecule has 0 aromatic rings. The van der Waals surface area contributed by atoms with Crippen LogP contribution in [-0.2, 0) is 14.3 Å². The van der Waals surface area contributed by atoms with Crippen molar-refractivity contribution in [3.05, 3.63) is 0 Å². The highest BCUT2D eigenvalue weighted by molar-refractivity contribution is 5.74. The lowest BCUT2D eigenvalue weighted by atomic mass is 10.2. The van der Waals surface area contributed by atoms with Gasteiger partial charge in [0.15, 0.2) is 0 Å². The Labute approximate surface area is 156 Å². The number of alkyl halides is 17. The van der Waals surface area contributed by atoms with Gasteiger partial charge in [0.05, 0.1) is 0 Å². The SMILES string of the molecule is O=C([O-])C(F)(OC(F)(F)C(F)(F)C(F)(F)OC(F)(F)C(F)(F)C(F)(F)F)C(F)(F)F.[NH4+]. The normalized spacial score (nSPS) is 17.1. The van der Waals surface area contributed by atoms with E-state index in [1.807, 2.05) is 0 Å². The number of carbonyl (C=O) groups is 1. The van der Waals surface area contributed by atoms with Crippen LogP contribution >= 0.6 is 0 Å². The highest BCUT2D eigenvalue weighted by atomic mass is 19.4. The lowest BCUT2D eigenvalue weighted by Crippen LogP contribution is -2.67. The smallest absolute Gasteiger partial charge is 0.462 e. The number of carbonyl (C=O) groups excluding carboxylic acids is 1. The molecular formula is C9H4F17NO4. The largest absolute Gasteiger partial charge is 0.544 e. The molecule has 0 aliphatic rings. The third-order valence-corrected chi connectivity index (χ3v) is 2.60. The molecule has 0 bridgehead atoms. The monoisotopic (exact) mass is 513 g/mol. The van der Waals surface area contributed by atoms with E-state index in [2.05, 4.69) is 0 Å². The number of carboxylic acid groups (broad SMARTS) is 1. The summed E-state index contributed by atoms with van der Waals surface area (Å²) in [5, 5.41) is 9.92. The number of quaternary nitrogens is 1. The van der Waals surface area contributed by atoms with E-state index in [1.165, 1.54) is 4.74 Å². The third-order valence-electron chi connectivity index (χ3n) is 2.60. The Morgan fingerprint density at radius 2 is 0.806 bits per heavy atom. The number of hydrogen-bond acceptors (Lipinski definition) is 4. The van der Waals surface area contributed by atoms with Gasteiger partial charge >= 0.3 is 48.4 Å². The molecule has 4 N–H and O–H groups in total. The summed E-state index contributed by atoms with van der Waals surface area (Å²) in [6.07, 6.45) is -38.4. The summed E-state index contributed by atoms with van der Waals surface area (Å²) in [7, 11) is 0. The van der Waals surface area contributed by atoms with Gasteiger partial charge in [-0.15, -0.1) is 0 Å². The van der Waals surface area contributed by atoms with Crippen molar-refractivity contribution in [2.24, 2.45) is 0 Å². The van der Waals surface area contributed by atoms with Gasteiger partial charge in [-0.3, -0.25) is 4.74 Å². The first-order valence-corrected chi connectivity index (χ1v) is 5.94. The maximum atomic E-state index is 13.0. The first-order chi connectivity index (χ1) is 12.6. The summed E-state index contributed by atoms with van der Waals surface area (Å²) in [4.78, 5) is 9.92. The average Bonchev–Trinajstić information content (AvgIpc) is 2.42. The Hall–Kier alpha value is -1.84. The number of hydrogen-bond donors (Lipinski definition) is 1. The molecule has 0 radical (unpaired) electrons. The second kappa shape index (κ2) is 7.94. The fourth-order valence-corrected chi connectivity index (χ4v) is 1.08.